The topological polar surface area (TPSA) is 21.3 Å². The molecule has 0 spiro atoms. The first-order chi connectivity index (χ1) is 9.83. The number of nitrogens with one attached hydrogen (secondary N) is 1. The summed E-state index contributed by atoms with van der Waals surface area (Å²) < 4.78 is 5.77. The summed E-state index contributed by atoms with van der Waals surface area (Å²) in [4.78, 5) is 0. The molecule has 0 amide bonds. The van der Waals surface area contributed by atoms with Crippen LogP contribution in [-0.2, 0) is 11.8 Å². The normalized spacial score (nSPS) is 35.0. The Hall–Kier alpha value is -1.02. The number of hydrogen-bond donors (Lipinski definition) is 1. The molecular formula is C18H25NO. The van der Waals surface area contributed by atoms with Crippen molar-refractivity contribution in [2.75, 3.05) is 13.2 Å². The van der Waals surface area contributed by atoms with Gasteiger partial charge >= 0.3 is 0 Å². The molecule has 1 aromatic carbocycles. The van der Waals surface area contributed by atoms with Gasteiger partial charge in [-0.1, -0.05) is 18.9 Å². The summed E-state index contributed by atoms with van der Waals surface area (Å²) in [7, 11) is 0. The van der Waals surface area contributed by atoms with Gasteiger partial charge in [0.05, 0.1) is 6.61 Å². The average Bonchev–Trinajstić information content (AvgIpc) is 2.48. The van der Waals surface area contributed by atoms with Crippen LogP contribution in [0.25, 0.3) is 0 Å². The van der Waals surface area contributed by atoms with Gasteiger partial charge in [-0.2, -0.15) is 0 Å². The second-order valence-corrected chi connectivity index (χ2v) is 6.78. The van der Waals surface area contributed by atoms with Gasteiger partial charge < -0.3 is 10.1 Å². The van der Waals surface area contributed by atoms with Crippen LogP contribution in [-0.4, -0.2) is 19.2 Å². The van der Waals surface area contributed by atoms with Crippen molar-refractivity contribution < 1.29 is 4.74 Å². The molecule has 108 valence electrons. The summed E-state index contributed by atoms with van der Waals surface area (Å²) in [6, 6.07) is 7.58. The zero-order valence-corrected chi connectivity index (χ0v) is 12.5. The maximum absolute atomic E-state index is 5.77. The van der Waals surface area contributed by atoms with E-state index in [1.54, 1.807) is 11.1 Å². The first-order valence-corrected chi connectivity index (χ1v) is 8.33. The molecule has 1 aromatic rings. The summed E-state index contributed by atoms with van der Waals surface area (Å²) in [6.07, 6.45) is 8.16. The Morgan fingerprint density at radius 2 is 2.25 bits per heavy atom. The Bertz CT molecular complexity index is 508. The highest BCUT2D eigenvalue weighted by molar-refractivity contribution is 5.45. The Labute approximate surface area is 121 Å². The second-order valence-electron chi connectivity index (χ2n) is 6.78. The van der Waals surface area contributed by atoms with Gasteiger partial charge in [-0.25, -0.2) is 0 Å². The van der Waals surface area contributed by atoms with Crippen molar-refractivity contribution in [3.05, 3.63) is 29.3 Å². The maximum atomic E-state index is 5.77. The number of rotatable bonds is 2. The third-order valence-electron chi connectivity index (χ3n) is 5.93. The van der Waals surface area contributed by atoms with Crippen LogP contribution >= 0.6 is 0 Å². The van der Waals surface area contributed by atoms with Gasteiger partial charge in [0.25, 0.3) is 0 Å². The van der Waals surface area contributed by atoms with Crippen LogP contribution in [0.4, 0.5) is 0 Å². The first kappa shape index (κ1) is 12.7. The minimum absolute atomic E-state index is 0.453. The number of ether oxygens (including phenoxy) is 1. The third-order valence-corrected chi connectivity index (χ3v) is 5.93. The van der Waals surface area contributed by atoms with E-state index in [1.165, 1.54) is 45.1 Å². The molecule has 1 saturated heterocycles. The number of fused-ring (bicyclic) bond motifs is 1. The van der Waals surface area contributed by atoms with Crippen molar-refractivity contribution in [2.45, 2.75) is 56.9 Å². The Balaban J connectivity index is 1.83. The minimum atomic E-state index is 0.453. The van der Waals surface area contributed by atoms with E-state index in [1.807, 2.05) is 0 Å². The molecule has 0 aromatic heterocycles. The van der Waals surface area contributed by atoms with Gasteiger partial charge in [-0.05, 0) is 68.3 Å². The summed E-state index contributed by atoms with van der Waals surface area (Å²) >= 11 is 0. The summed E-state index contributed by atoms with van der Waals surface area (Å²) in [6.45, 7) is 4.03. The molecule has 2 aliphatic carbocycles. The van der Waals surface area contributed by atoms with Gasteiger partial charge in [0.1, 0.15) is 5.75 Å². The van der Waals surface area contributed by atoms with E-state index < -0.39 is 0 Å². The lowest BCUT2D eigenvalue weighted by Crippen LogP contribution is -2.59. The quantitative estimate of drug-likeness (QED) is 0.890. The smallest absolute Gasteiger partial charge is 0.119 e. The van der Waals surface area contributed by atoms with Crippen LogP contribution in [0.3, 0.4) is 0 Å². The number of piperidine rings is 1. The minimum Gasteiger partial charge on any atom is -0.494 e. The number of hydrogen-bond acceptors (Lipinski definition) is 2. The number of benzene rings is 1. The first-order valence-electron chi connectivity index (χ1n) is 8.33. The molecule has 4 rings (SSSR count). The van der Waals surface area contributed by atoms with Gasteiger partial charge in [-0.3, -0.25) is 0 Å². The van der Waals surface area contributed by atoms with Crippen molar-refractivity contribution >= 4 is 0 Å². The Morgan fingerprint density at radius 1 is 1.30 bits per heavy atom. The highest BCUT2D eigenvalue weighted by atomic mass is 16.5. The standard InChI is InChI=1S/C18H25NO/c1-2-20-14-7-6-13-11-17-15-5-3-4-8-18(15,9-10-19-17)16(13)12-14/h6-7,12,15,17,19H,2-5,8-11H2,1H3/t15-,17+,18+/m0/s1. The molecule has 3 aliphatic rings. The van der Waals surface area contributed by atoms with Crippen LogP contribution in [0.1, 0.15) is 50.2 Å². The Kier molecular flexibility index (Phi) is 3.03. The zero-order chi connectivity index (χ0) is 13.6. The lowest BCUT2D eigenvalue weighted by Gasteiger charge is -2.56. The summed E-state index contributed by atoms with van der Waals surface area (Å²) in [5.41, 5.74) is 3.66. The molecule has 20 heavy (non-hydrogen) atoms. The van der Waals surface area contributed by atoms with E-state index in [9.17, 15) is 0 Å². The van der Waals surface area contributed by atoms with Gasteiger partial charge in [-0.15, -0.1) is 0 Å². The maximum Gasteiger partial charge on any atom is 0.119 e. The molecule has 2 fully saturated rings. The molecule has 2 bridgehead atoms. The largest absolute Gasteiger partial charge is 0.494 e. The van der Waals surface area contributed by atoms with E-state index >= 15 is 0 Å². The molecule has 2 nitrogen and oxygen atoms in total. The van der Waals surface area contributed by atoms with Crippen molar-refractivity contribution in [1.82, 2.24) is 5.32 Å². The molecule has 0 unspecified atom stereocenters. The summed E-state index contributed by atoms with van der Waals surface area (Å²) in [5.74, 6) is 1.93. The highest BCUT2D eigenvalue weighted by Crippen LogP contribution is 2.54. The molecular weight excluding hydrogens is 246 g/mol. The Morgan fingerprint density at radius 3 is 3.15 bits per heavy atom. The molecule has 1 aliphatic heterocycles. The molecule has 1 N–H and O–H groups in total. The molecule has 3 atom stereocenters. The van der Waals surface area contributed by atoms with Crippen LogP contribution in [0.5, 0.6) is 5.75 Å². The van der Waals surface area contributed by atoms with Crippen molar-refractivity contribution in [3.63, 3.8) is 0 Å². The predicted molar refractivity (Wildman–Crippen MR) is 81.4 cm³/mol. The fraction of sp³-hybridized carbons (Fsp3) is 0.667. The SMILES string of the molecule is CCOc1ccc2c(c1)[C@@]13CCCC[C@H]1[C@@H](C2)NCC3. The molecule has 1 heterocycles. The second kappa shape index (κ2) is 4.77. The van der Waals surface area contributed by atoms with Gasteiger partial charge in [0.15, 0.2) is 0 Å². The zero-order valence-electron chi connectivity index (χ0n) is 12.5. The van der Waals surface area contributed by atoms with E-state index in [-0.39, 0.29) is 0 Å². The van der Waals surface area contributed by atoms with Crippen molar-refractivity contribution in [3.8, 4) is 5.75 Å². The van der Waals surface area contributed by atoms with Crippen LogP contribution in [0.15, 0.2) is 18.2 Å². The molecule has 2 heteroatoms. The van der Waals surface area contributed by atoms with E-state index in [0.29, 0.717) is 5.41 Å². The van der Waals surface area contributed by atoms with Crippen LogP contribution in [0.2, 0.25) is 0 Å². The van der Waals surface area contributed by atoms with Crippen LogP contribution in [0, 0.1) is 5.92 Å². The van der Waals surface area contributed by atoms with E-state index in [0.717, 1.165) is 24.3 Å². The summed E-state index contributed by atoms with van der Waals surface area (Å²) in [5, 5.41) is 3.79. The van der Waals surface area contributed by atoms with E-state index in [4.69, 9.17) is 4.74 Å². The van der Waals surface area contributed by atoms with Crippen LogP contribution < -0.4 is 10.1 Å². The molecule has 0 radical (unpaired) electrons. The molecule has 1 saturated carbocycles. The fourth-order valence-electron chi connectivity index (χ4n) is 5.16. The fourth-order valence-corrected chi connectivity index (χ4v) is 5.16. The third kappa shape index (κ3) is 1.74. The average molecular weight is 271 g/mol. The highest BCUT2D eigenvalue weighted by Gasteiger charge is 2.51. The predicted octanol–water partition coefficient (Wildman–Crippen LogP) is 3.43. The lowest BCUT2D eigenvalue weighted by molar-refractivity contribution is 0.0795. The monoisotopic (exact) mass is 271 g/mol. The lowest BCUT2D eigenvalue weighted by atomic mass is 9.53. The van der Waals surface area contributed by atoms with Gasteiger partial charge in [0, 0.05) is 11.5 Å². The van der Waals surface area contributed by atoms with Crippen molar-refractivity contribution in [1.29, 1.82) is 0 Å². The van der Waals surface area contributed by atoms with E-state index in [2.05, 4.69) is 30.4 Å². The van der Waals surface area contributed by atoms with Crippen molar-refractivity contribution in [2.24, 2.45) is 5.92 Å². The van der Waals surface area contributed by atoms with Gasteiger partial charge in [0.2, 0.25) is 0 Å².